The van der Waals surface area contributed by atoms with Crippen molar-refractivity contribution in [2.75, 3.05) is 12.8 Å². The van der Waals surface area contributed by atoms with Crippen LogP contribution in [-0.4, -0.2) is 57.2 Å². The highest BCUT2D eigenvalue weighted by molar-refractivity contribution is 8.00. The topological polar surface area (TPSA) is 60.9 Å². The van der Waals surface area contributed by atoms with Gasteiger partial charge in [0.15, 0.2) is 0 Å². The van der Waals surface area contributed by atoms with Gasteiger partial charge in [0.05, 0.1) is 5.37 Å². The summed E-state index contributed by atoms with van der Waals surface area (Å²) in [5, 5.41) is 9.25. The third kappa shape index (κ3) is 2.83. The fraction of sp³-hybridized carbons (Fsp3) is 0.846. The number of carbonyl (C=O) groups is 2. The molecule has 1 aliphatic heterocycles. The van der Waals surface area contributed by atoms with Crippen LogP contribution in [0.5, 0.6) is 0 Å². The normalized spacial score (nSPS) is 28.3. The summed E-state index contributed by atoms with van der Waals surface area (Å²) < 4.78 is 0. The number of urea groups is 1. The molecule has 6 heteroatoms. The van der Waals surface area contributed by atoms with Gasteiger partial charge in [-0.2, -0.15) is 0 Å². The molecule has 0 aromatic heterocycles. The summed E-state index contributed by atoms with van der Waals surface area (Å²) in [6, 6.07) is -0.620. The van der Waals surface area contributed by atoms with Crippen molar-refractivity contribution in [1.29, 1.82) is 0 Å². The molecule has 2 aliphatic rings. The summed E-state index contributed by atoms with van der Waals surface area (Å²) in [4.78, 5) is 27.2. The number of hydrogen-bond acceptors (Lipinski definition) is 3. The van der Waals surface area contributed by atoms with Crippen molar-refractivity contribution in [2.24, 2.45) is 5.92 Å². The van der Waals surface area contributed by atoms with Crippen molar-refractivity contribution in [1.82, 2.24) is 9.80 Å². The predicted molar refractivity (Wildman–Crippen MR) is 75.1 cm³/mol. The van der Waals surface area contributed by atoms with Crippen LogP contribution in [0.15, 0.2) is 0 Å². The highest BCUT2D eigenvalue weighted by Crippen LogP contribution is 2.37. The largest absolute Gasteiger partial charge is 0.480 e. The lowest BCUT2D eigenvalue weighted by molar-refractivity contribution is -0.141. The molecule has 3 atom stereocenters. The summed E-state index contributed by atoms with van der Waals surface area (Å²) in [5.41, 5.74) is 0. The van der Waals surface area contributed by atoms with Crippen LogP contribution in [0.1, 0.15) is 33.1 Å². The molecule has 1 N–H and O–H groups in total. The van der Waals surface area contributed by atoms with Crippen molar-refractivity contribution in [3.63, 3.8) is 0 Å². The fourth-order valence-corrected chi connectivity index (χ4v) is 3.92. The smallest absolute Gasteiger partial charge is 0.327 e. The van der Waals surface area contributed by atoms with E-state index in [-0.39, 0.29) is 17.4 Å². The first-order chi connectivity index (χ1) is 8.97. The van der Waals surface area contributed by atoms with Crippen molar-refractivity contribution in [3.8, 4) is 0 Å². The van der Waals surface area contributed by atoms with Crippen LogP contribution in [-0.2, 0) is 4.79 Å². The molecule has 1 heterocycles. The van der Waals surface area contributed by atoms with Crippen molar-refractivity contribution in [2.45, 2.75) is 50.6 Å². The van der Waals surface area contributed by atoms with Gasteiger partial charge in [0.25, 0.3) is 0 Å². The summed E-state index contributed by atoms with van der Waals surface area (Å²) in [5.74, 6) is 0.183. The molecule has 0 bridgehead atoms. The van der Waals surface area contributed by atoms with Gasteiger partial charge in [-0.1, -0.05) is 6.92 Å². The molecule has 2 amide bonds. The molecule has 108 valence electrons. The van der Waals surface area contributed by atoms with Gasteiger partial charge in [-0.3, -0.25) is 4.90 Å². The highest BCUT2D eigenvalue weighted by atomic mass is 32.2. The molecular formula is C13H22N2O3S. The molecule has 3 unspecified atom stereocenters. The molecule has 0 radical (unpaired) electrons. The second-order valence-electron chi connectivity index (χ2n) is 5.43. The van der Waals surface area contributed by atoms with Crippen molar-refractivity contribution >= 4 is 23.8 Å². The lowest BCUT2D eigenvalue weighted by Crippen LogP contribution is -2.52. The molecule has 1 saturated heterocycles. The Bertz CT molecular complexity index is 373. The number of carbonyl (C=O) groups excluding carboxylic acids is 1. The van der Waals surface area contributed by atoms with Crippen LogP contribution in [0.2, 0.25) is 0 Å². The Balaban J connectivity index is 2.11. The lowest BCUT2D eigenvalue weighted by atomic mass is 10.2. The lowest BCUT2D eigenvalue weighted by Gasteiger charge is -2.34. The first-order valence-corrected chi connectivity index (χ1v) is 7.91. The number of amides is 2. The molecular weight excluding hydrogens is 264 g/mol. The average molecular weight is 286 g/mol. The maximum absolute atomic E-state index is 12.6. The Hall–Kier alpha value is -0.910. The van der Waals surface area contributed by atoms with Crippen LogP contribution < -0.4 is 0 Å². The van der Waals surface area contributed by atoms with E-state index in [1.54, 1.807) is 28.6 Å². The van der Waals surface area contributed by atoms with Gasteiger partial charge < -0.3 is 10.0 Å². The minimum Gasteiger partial charge on any atom is -0.480 e. The average Bonchev–Trinajstić information content (AvgIpc) is 3.14. The number of hydrogen-bond donors (Lipinski definition) is 1. The van der Waals surface area contributed by atoms with E-state index in [1.807, 2.05) is 6.92 Å². The highest BCUT2D eigenvalue weighted by Gasteiger charge is 2.43. The number of carboxylic acid groups (broad SMARTS) is 1. The van der Waals surface area contributed by atoms with Crippen LogP contribution in [0.25, 0.3) is 0 Å². The SMILES string of the molecule is CCC1SCC(C(=O)O)N1C(=O)N(C)C(C)C1CC1. The van der Waals surface area contributed by atoms with Gasteiger partial charge in [-0.25, -0.2) is 9.59 Å². The molecule has 1 aliphatic carbocycles. The van der Waals surface area contributed by atoms with E-state index in [2.05, 4.69) is 6.92 Å². The van der Waals surface area contributed by atoms with Gasteiger partial charge in [-0.05, 0) is 32.1 Å². The second kappa shape index (κ2) is 5.61. The van der Waals surface area contributed by atoms with E-state index in [0.29, 0.717) is 11.7 Å². The standard InChI is InChI=1S/C13H22N2O3S/c1-4-11-15(10(7-19-11)12(16)17)13(18)14(3)8(2)9-5-6-9/h8-11H,4-7H2,1-3H3,(H,16,17). The van der Waals surface area contributed by atoms with Crippen LogP contribution in [0.4, 0.5) is 4.79 Å². The zero-order chi connectivity index (χ0) is 14.2. The summed E-state index contributed by atoms with van der Waals surface area (Å²) in [6.45, 7) is 4.04. The van der Waals surface area contributed by atoms with Crippen LogP contribution >= 0.6 is 11.8 Å². The van der Waals surface area contributed by atoms with E-state index in [0.717, 1.165) is 6.42 Å². The number of thioether (sulfide) groups is 1. The molecule has 1 saturated carbocycles. The monoisotopic (exact) mass is 286 g/mol. The fourth-order valence-electron chi connectivity index (χ4n) is 2.58. The van der Waals surface area contributed by atoms with E-state index in [9.17, 15) is 14.7 Å². The summed E-state index contributed by atoms with van der Waals surface area (Å²) in [6.07, 6.45) is 3.13. The number of carboxylic acids is 1. The van der Waals surface area contributed by atoms with Gasteiger partial charge in [0, 0.05) is 18.8 Å². The molecule has 5 nitrogen and oxygen atoms in total. The van der Waals surface area contributed by atoms with Crippen LogP contribution in [0.3, 0.4) is 0 Å². The Morgan fingerprint density at radius 1 is 1.47 bits per heavy atom. The second-order valence-corrected chi connectivity index (χ2v) is 6.64. The molecule has 2 rings (SSSR count). The Labute approximate surface area is 118 Å². The minimum absolute atomic E-state index is 0.0116. The van der Waals surface area contributed by atoms with Gasteiger partial charge in [0.2, 0.25) is 0 Å². The minimum atomic E-state index is -0.899. The zero-order valence-corrected chi connectivity index (χ0v) is 12.5. The first kappa shape index (κ1) is 14.5. The van der Waals surface area contributed by atoms with E-state index in [4.69, 9.17) is 0 Å². The van der Waals surface area contributed by atoms with E-state index in [1.165, 1.54) is 12.8 Å². The van der Waals surface area contributed by atoms with Gasteiger partial charge in [0.1, 0.15) is 6.04 Å². The van der Waals surface area contributed by atoms with Gasteiger partial charge in [-0.15, -0.1) is 11.8 Å². The Morgan fingerprint density at radius 3 is 2.58 bits per heavy atom. The van der Waals surface area contributed by atoms with E-state index < -0.39 is 12.0 Å². The summed E-state index contributed by atoms with van der Waals surface area (Å²) in [7, 11) is 1.79. The Kier molecular flexibility index (Phi) is 4.28. The maximum atomic E-state index is 12.6. The maximum Gasteiger partial charge on any atom is 0.327 e. The van der Waals surface area contributed by atoms with Crippen LogP contribution in [0, 0.1) is 5.92 Å². The Morgan fingerprint density at radius 2 is 2.11 bits per heavy atom. The molecule has 2 fully saturated rings. The first-order valence-electron chi connectivity index (χ1n) is 6.86. The quantitative estimate of drug-likeness (QED) is 0.859. The number of nitrogens with zero attached hydrogens (tertiary/aromatic N) is 2. The third-order valence-corrected chi connectivity index (χ3v) is 5.62. The zero-order valence-electron chi connectivity index (χ0n) is 11.7. The van der Waals surface area contributed by atoms with Crippen molar-refractivity contribution < 1.29 is 14.7 Å². The number of aliphatic carboxylic acids is 1. The molecule has 0 aromatic rings. The van der Waals surface area contributed by atoms with E-state index >= 15 is 0 Å². The summed E-state index contributed by atoms with van der Waals surface area (Å²) >= 11 is 1.57. The molecule has 0 spiro atoms. The van der Waals surface area contributed by atoms with Crippen molar-refractivity contribution in [3.05, 3.63) is 0 Å². The molecule has 19 heavy (non-hydrogen) atoms. The number of rotatable bonds is 4. The third-order valence-electron chi connectivity index (χ3n) is 4.16. The van der Waals surface area contributed by atoms with Gasteiger partial charge >= 0.3 is 12.0 Å². The predicted octanol–water partition coefficient (Wildman–Crippen LogP) is 2.07. The molecule has 0 aromatic carbocycles.